The number of hydrogen-bond donors (Lipinski definition) is 0. The molecule has 0 fully saturated rings. The topological polar surface area (TPSA) is 39.4 Å². The van der Waals surface area contributed by atoms with Crippen LogP contribution in [0.4, 0.5) is 0 Å². The summed E-state index contributed by atoms with van der Waals surface area (Å²) in [5, 5.41) is 0. The summed E-state index contributed by atoms with van der Waals surface area (Å²) in [4.78, 5) is 10.0. The van der Waals surface area contributed by atoms with Crippen LogP contribution in [0.5, 0.6) is 0 Å². The molecule has 0 spiro atoms. The summed E-state index contributed by atoms with van der Waals surface area (Å²) in [5.41, 5.74) is 0. The number of carbonyl (C=O) groups is 1. The summed E-state index contributed by atoms with van der Waals surface area (Å²) in [6.07, 6.45) is 3.28. The Bertz CT molecular complexity index is 172. The van der Waals surface area contributed by atoms with Gasteiger partial charge in [-0.05, 0) is 26.0 Å². The summed E-state index contributed by atoms with van der Waals surface area (Å²) < 4.78 is 9.19. The zero-order valence-corrected chi connectivity index (χ0v) is 7.61. The number of rotatable bonds is 1. The minimum absolute atomic E-state index is 0.0255. The normalized spacial score (nSPS) is 8.67. The standard InChI is InChI=1S/C5H10O2.C4H4O/c1-4(2)7-5(3)6;1-2-4-5-3-1/h4H,1-3H3;1-4H. The van der Waals surface area contributed by atoms with Crippen LogP contribution in [0.15, 0.2) is 29.1 Å². The van der Waals surface area contributed by atoms with Crippen molar-refractivity contribution in [2.45, 2.75) is 26.9 Å². The summed E-state index contributed by atoms with van der Waals surface area (Å²) in [5.74, 6) is -0.213. The Hall–Kier alpha value is -1.25. The number of ether oxygens (including phenoxy) is 1. The molecule has 1 rings (SSSR count). The number of esters is 1. The second-order valence-electron chi connectivity index (χ2n) is 2.45. The second-order valence-corrected chi connectivity index (χ2v) is 2.45. The average molecular weight is 170 g/mol. The van der Waals surface area contributed by atoms with Crippen molar-refractivity contribution in [3.05, 3.63) is 24.7 Å². The van der Waals surface area contributed by atoms with E-state index in [2.05, 4.69) is 9.15 Å². The fourth-order valence-corrected chi connectivity index (χ4v) is 0.559. The minimum atomic E-state index is -0.213. The molecule has 1 heterocycles. The molecule has 1 aromatic rings. The van der Waals surface area contributed by atoms with Crippen molar-refractivity contribution in [1.82, 2.24) is 0 Å². The molecule has 0 amide bonds. The van der Waals surface area contributed by atoms with Crippen molar-refractivity contribution >= 4 is 5.97 Å². The first-order valence-corrected chi connectivity index (χ1v) is 3.77. The summed E-state index contributed by atoms with van der Waals surface area (Å²) in [7, 11) is 0. The molecule has 0 atom stereocenters. The lowest BCUT2D eigenvalue weighted by Gasteiger charge is -2.01. The van der Waals surface area contributed by atoms with Gasteiger partial charge in [-0.1, -0.05) is 0 Å². The van der Waals surface area contributed by atoms with Gasteiger partial charge in [0.15, 0.2) is 0 Å². The largest absolute Gasteiger partial charge is 0.473 e. The molecule has 3 heteroatoms. The highest BCUT2D eigenvalue weighted by Crippen LogP contribution is 1.85. The van der Waals surface area contributed by atoms with Crippen LogP contribution in [0.25, 0.3) is 0 Å². The lowest BCUT2D eigenvalue weighted by Crippen LogP contribution is -2.06. The highest BCUT2D eigenvalue weighted by molar-refractivity contribution is 5.66. The summed E-state index contributed by atoms with van der Waals surface area (Å²) in [6.45, 7) is 5.04. The van der Waals surface area contributed by atoms with E-state index in [0.717, 1.165) is 0 Å². The molecular formula is C9H14O3. The molecule has 0 bridgehead atoms. The fourth-order valence-electron chi connectivity index (χ4n) is 0.559. The van der Waals surface area contributed by atoms with Crippen LogP contribution in [0.1, 0.15) is 20.8 Å². The van der Waals surface area contributed by atoms with E-state index >= 15 is 0 Å². The Kier molecular flexibility index (Phi) is 5.79. The Morgan fingerprint density at radius 3 is 1.92 bits per heavy atom. The summed E-state index contributed by atoms with van der Waals surface area (Å²) >= 11 is 0. The quantitative estimate of drug-likeness (QED) is 0.607. The molecule has 0 aliphatic rings. The molecule has 0 saturated heterocycles. The van der Waals surface area contributed by atoms with Crippen LogP contribution in [0.2, 0.25) is 0 Å². The van der Waals surface area contributed by atoms with E-state index in [1.807, 2.05) is 26.0 Å². The van der Waals surface area contributed by atoms with Gasteiger partial charge >= 0.3 is 5.97 Å². The van der Waals surface area contributed by atoms with Gasteiger partial charge in [0.1, 0.15) is 0 Å². The van der Waals surface area contributed by atoms with E-state index in [1.165, 1.54) is 6.92 Å². The SMILES string of the molecule is CC(=O)OC(C)C.c1ccoc1. The highest BCUT2D eigenvalue weighted by atomic mass is 16.5. The van der Waals surface area contributed by atoms with Gasteiger partial charge in [0, 0.05) is 6.92 Å². The van der Waals surface area contributed by atoms with Crippen LogP contribution < -0.4 is 0 Å². The lowest BCUT2D eigenvalue weighted by atomic mass is 10.5. The van der Waals surface area contributed by atoms with E-state index < -0.39 is 0 Å². The van der Waals surface area contributed by atoms with Gasteiger partial charge in [-0.2, -0.15) is 0 Å². The lowest BCUT2D eigenvalue weighted by molar-refractivity contribution is -0.144. The van der Waals surface area contributed by atoms with Crippen molar-refractivity contribution in [2.75, 3.05) is 0 Å². The van der Waals surface area contributed by atoms with Gasteiger partial charge in [0.25, 0.3) is 0 Å². The van der Waals surface area contributed by atoms with Crippen LogP contribution in [0.3, 0.4) is 0 Å². The first-order chi connectivity index (χ1) is 5.63. The molecule has 3 nitrogen and oxygen atoms in total. The third-order valence-electron chi connectivity index (χ3n) is 0.827. The predicted octanol–water partition coefficient (Wildman–Crippen LogP) is 2.24. The molecule has 0 radical (unpaired) electrons. The van der Waals surface area contributed by atoms with Crippen molar-refractivity contribution < 1.29 is 13.9 Å². The molecular weight excluding hydrogens is 156 g/mol. The molecule has 0 aliphatic carbocycles. The molecule has 0 N–H and O–H groups in total. The second kappa shape index (κ2) is 6.46. The molecule has 0 saturated carbocycles. The minimum Gasteiger partial charge on any atom is -0.473 e. The van der Waals surface area contributed by atoms with Crippen LogP contribution in [0, 0.1) is 0 Å². The van der Waals surface area contributed by atoms with E-state index in [9.17, 15) is 4.79 Å². The predicted molar refractivity (Wildman–Crippen MR) is 45.6 cm³/mol. The van der Waals surface area contributed by atoms with Gasteiger partial charge in [-0.25, -0.2) is 0 Å². The average Bonchev–Trinajstić information content (AvgIpc) is 2.36. The fraction of sp³-hybridized carbons (Fsp3) is 0.444. The maximum atomic E-state index is 10.0. The van der Waals surface area contributed by atoms with Gasteiger partial charge in [-0.15, -0.1) is 0 Å². The molecule has 0 aromatic carbocycles. The van der Waals surface area contributed by atoms with Gasteiger partial charge in [-0.3, -0.25) is 4.79 Å². The summed E-state index contributed by atoms with van der Waals surface area (Å²) in [6, 6.07) is 3.67. The Balaban J connectivity index is 0.000000211. The third-order valence-corrected chi connectivity index (χ3v) is 0.827. The molecule has 0 unspecified atom stereocenters. The molecule has 0 aliphatic heterocycles. The zero-order valence-electron chi connectivity index (χ0n) is 7.61. The monoisotopic (exact) mass is 170 g/mol. The maximum absolute atomic E-state index is 10.0. The van der Waals surface area contributed by atoms with Crippen molar-refractivity contribution in [2.24, 2.45) is 0 Å². The molecule has 1 aromatic heterocycles. The van der Waals surface area contributed by atoms with Crippen LogP contribution >= 0.6 is 0 Å². The van der Waals surface area contributed by atoms with E-state index in [4.69, 9.17) is 0 Å². The van der Waals surface area contributed by atoms with Crippen LogP contribution in [-0.4, -0.2) is 12.1 Å². The molecule has 68 valence electrons. The number of carbonyl (C=O) groups excluding carboxylic acids is 1. The maximum Gasteiger partial charge on any atom is 0.302 e. The van der Waals surface area contributed by atoms with Gasteiger partial charge in [0.05, 0.1) is 18.6 Å². The van der Waals surface area contributed by atoms with Gasteiger partial charge < -0.3 is 9.15 Å². The third kappa shape index (κ3) is 8.75. The smallest absolute Gasteiger partial charge is 0.302 e. The zero-order chi connectivity index (χ0) is 9.40. The highest BCUT2D eigenvalue weighted by Gasteiger charge is 1.93. The van der Waals surface area contributed by atoms with E-state index in [1.54, 1.807) is 12.5 Å². The number of hydrogen-bond acceptors (Lipinski definition) is 3. The first kappa shape index (κ1) is 10.8. The number of furan rings is 1. The van der Waals surface area contributed by atoms with Crippen LogP contribution in [-0.2, 0) is 9.53 Å². The van der Waals surface area contributed by atoms with Gasteiger partial charge in [0.2, 0.25) is 0 Å². The molecule has 12 heavy (non-hydrogen) atoms. The first-order valence-electron chi connectivity index (χ1n) is 3.77. The Labute approximate surface area is 72.3 Å². The van der Waals surface area contributed by atoms with Crippen molar-refractivity contribution in [3.63, 3.8) is 0 Å². The van der Waals surface area contributed by atoms with Crippen molar-refractivity contribution in [1.29, 1.82) is 0 Å². The Morgan fingerprint density at radius 2 is 1.83 bits per heavy atom. The van der Waals surface area contributed by atoms with Crippen molar-refractivity contribution in [3.8, 4) is 0 Å². The van der Waals surface area contributed by atoms with E-state index in [0.29, 0.717) is 0 Å². The van der Waals surface area contributed by atoms with E-state index in [-0.39, 0.29) is 12.1 Å². The Morgan fingerprint density at radius 1 is 1.33 bits per heavy atom.